The number of benzene rings is 1. The van der Waals surface area contributed by atoms with Crippen LogP contribution in [0, 0.1) is 0 Å². The van der Waals surface area contributed by atoms with Crippen LogP contribution < -0.4 is 39.8 Å². The maximum atomic E-state index is 11.2. The Bertz CT molecular complexity index is 205. The molecule has 1 unspecified atom stereocenters. The third-order valence-corrected chi connectivity index (χ3v) is 2.43. The van der Waals surface area contributed by atoms with Crippen LogP contribution in [0.3, 0.4) is 0 Å². The van der Waals surface area contributed by atoms with E-state index in [4.69, 9.17) is 4.52 Å². The number of hydrogen-bond acceptors (Lipinski definition) is 2. The van der Waals surface area contributed by atoms with Gasteiger partial charge in [-0.1, -0.05) is 30.3 Å². The zero-order chi connectivity index (χ0) is 8.10. The topological polar surface area (TPSA) is 32.3 Å². The minimum absolute atomic E-state index is 0. The van der Waals surface area contributed by atoms with Gasteiger partial charge in [-0.15, -0.1) is 0 Å². The Morgan fingerprint density at radius 2 is 1.92 bits per heavy atom. The van der Waals surface area contributed by atoms with Gasteiger partial charge in [0, 0.05) is 6.61 Å². The van der Waals surface area contributed by atoms with Gasteiger partial charge in [-0.2, -0.15) is 0 Å². The molecule has 0 bridgehead atoms. The number of hydrogen-bond donors (Lipinski definition) is 0. The molecule has 12 heavy (non-hydrogen) atoms. The van der Waals surface area contributed by atoms with E-state index in [1.54, 1.807) is 12.1 Å². The van der Waals surface area contributed by atoms with E-state index >= 15 is 0 Å². The van der Waals surface area contributed by atoms with Gasteiger partial charge >= 0.3 is 29.6 Å². The average molecular weight is 192 g/mol. The second-order valence-electron chi connectivity index (χ2n) is 2.01. The van der Waals surface area contributed by atoms with E-state index in [1.165, 1.54) is 0 Å². The van der Waals surface area contributed by atoms with Crippen molar-refractivity contribution >= 4 is 13.7 Å². The zero-order valence-corrected chi connectivity index (χ0v) is 10.3. The molecule has 0 saturated carbocycles. The van der Waals surface area contributed by atoms with Gasteiger partial charge in [0.1, 0.15) is 0 Å². The van der Waals surface area contributed by atoms with Crippen LogP contribution in [-0.4, -0.2) is 6.61 Å². The van der Waals surface area contributed by atoms with Crippen LogP contribution in [0.15, 0.2) is 30.3 Å². The van der Waals surface area contributed by atoms with Crippen molar-refractivity contribution in [1.29, 1.82) is 0 Å². The summed E-state index contributed by atoms with van der Waals surface area (Å²) < 4.78 is 4.94. The van der Waals surface area contributed by atoms with E-state index in [1.807, 2.05) is 25.1 Å². The molecule has 0 radical (unpaired) electrons. The molecule has 0 heterocycles. The van der Waals surface area contributed by atoms with E-state index in [0.717, 1.165) is 5.30 Å². The third-order valence-electron chi connectivity index (χ3n) is 1.21. The summed E-state index contributed by atoms with van der Waals surface area (Å²) in [6.45, 7) is 2.32. The first-order valence-electron chi connectivity index (χ1n) is 3.50. The number of rotatable bonds is 3. The minimum atomic E-state index is -1.63. The second kappa shape index (κ2) is 7.02. The predicted octanol–water partition coefficient (Wildman–Crippen LogP) is -1.98. The van der Waals surface area contributed by atoms with Crippen LogP contribution in [0.25, 0.3) is 0 Å². The fraction of sp³-hybridized carbons (Fsp3) is 0.250. The first kappa shape index (κ1) is 12.6. The summed E-state index contributed by atoms with van der Waals surface area (Å²) in [6.07, 6.45) is 0. The Balaban J connectivity index is 0.00000121. The Kier molecular flexibility index (Phi) is 7.35. The van der Waals surface area contributed by atoms with Crippen LogP contribution in [0.4, 0.5) is 0 Å². The monoisotopic (exact) mass is 192 g/mol. The van der Waals surface area contributed by atoms with E-state index in [2.05, 4.69) is 0 Å². The normalized spacial score (nSPS) is 11.8. The maximum Gasteiger partial charge on any atom is 1.00 e. The van der Waals surface area contributed by atoms with Gasteiger partial charge in [0.15, 0.2) is 0 Å². The summed E-state index contributed by atoms with van der Waals surface area (Å²) in [5.41, 5.74) is 0. The molecular weight excluding hydrogens is 182 g/mol. The van der Waals surface area contributed by atoms with E-state index < -0.39 is 8.38 Å². The summed E-state index contributed by atoms with van der Waals surface area (Å²) in [5.74, 6) is 0. The maximum absolute atomic E-state index is 11.2. The minimum Gasteiger partial charge on any atom is -0.804 e. The molecule has 1 atom stereocenters. The molecule has 0 aliphatic rings. The molecular formula is C8H10NaO2P. The molecule has 0 amide bonds. The largest absolute Gasteiger partial charge is 1.00 e. The molecule has 0 aliphatic heterocycles. The van der Waals surface area contributed by atoms with Gasteiger partial charge in [0.2, 0.25) is 0 Å². The van der Waals surface area contributed by atoms with Crippen LogP contribution in [0.5, 0.6) is 0 Å². The predicted molar refractivity (Wildman–Crippen MR) is 44.6 cm³/mol. The Labute approximate surface area is 96.2 Å². The molecule has 2 nitrogen and oxygen atoms in total. The summed E-state index contributed by atoms with van der Waals surface area (Å²) in [7, 11) is -1.63. The molecule has 60 valence electrons. The van der Waals surface area contributed by atoms with Crippen molar-refractivity contribution in [2.24, 2.45) is 0 Å². The van der Waals surface area contributed by atoms with Gasteiger partial charge < -0.3 is 9.42 Å². The Morgan fingerprint density at radius 1 is 1.33 bits per heavy atom. The van der Waals surface area contributed by atoms with E-state index in [0.29, 0.717) is 6.61 Å². The Hall–Kier alpha value is 0.570. The van der Waals surface area contributed by atoms with Crippen molar-refractivity contribution in [3.8, 4) is 0 Å². The average Bonchev–Trinajstić information content (AvgIpc) is 2.07. The van der Waals surface area contributed by atoms with Crippen molar-refractivity contribution in [2.45, 2.75) is 6.92 Å². The molecule has 0 fully saturated rings. The molecule has 1 aromatic carbocycles. The summed E-state index contributed by atoms with van der Waals surface area (Å²) in [4.78, 5) is 11.2. The fourth-order valence-electron chi connectivity index (χ4n) is 0.742. The van der Waals surface area contributed by atoms with Gasteiger partial charge in [0.25, 0.3) is 0 Å². The second-order valence-corrected chi connectivity index (χ2v) is 3.30. The van der Waals surface area contributed by atoms with Crippen molar-refractivity contribution in [3.63, 3.8) is 0 Å². The molecule has 1 rings (SSSR count). The molecule has 0 aromatic heterocycles. The van der Waals surface area contributed by atoms with Crippen LogP contribution in [-0.2, 0) is 4.52 Å². The van der Waals surface area contributed by atoms with Gasteiger partial charge in [-0.3, -0.25) is 0 Å². The summed E-state index contributed by atoms with van der Waals surface area (Å²) >= 11 is 0. The van der Waals surface area contributed by atoms with E-state index in [9.17, 15) is 4.89 Å². The fourth-order valence-corrected chi connectivity index (χ4v) is 1.54. The molecule has 0 N–H and O–H groups in total. The van der Waals surface area contributed by atoms with Crippen LogP contribution in [0.2, 0.25) is 0 Å². The van der Waals surface area contributed by atoms with Crippen LogP contribution >= 0.6 is 8.38 Å². The molecule has 0 saturated heterocycles. The Morgan fingerprint density at radius 3 is 2.42 bits per heavy atom. The molecule has 0 aliphatic carbocycles. The smallest absolute Gasteiger partial charge is 0.804 e. The first-order chi connectivity index (χ1) is 5.34. The quantitative estimate of drug-likeness (QED) is 0.411. The van der Waals surface area contributed by atoms with Gasteiger partial charge in [-0.05, 0) is 20.6 Å². The van der Waals surface area contributed by atoms with Crippen molar-refractivity contribution in [2.75, 3.05) is 6.61 Å². The SMILES string of the molecule is CCOP([O-])c1ccccc1.[Na+]. The van der Waals surface area contributed by atoms with Gasteiger partial charge in [-0.25, -0.2) is 0 Å². The summed E-state index contributed by atoms with van der Waals surface area (Å²) in [5, 5.41) is 0.754. The third kappa shape index (κ3) is 3.99. The van der Waals surface area contributed by atoms with E-state index in [-0.39, 0.29) is 29.6 Å². The van der Waals surface area contributed by atoms with Gasteiger partial charge in [0.05, 0.1) is 0 Å². The molecule has 0 spiro atoms. The zero-order valence-electron chi connectivity index (χ0n) is 7.36. The molecule has 4 heteroatoms. The molecule has 1 aromatic rings. The first-order valence-corrected chi connectivity index (χ1v) is 4.67. The summed E-state index contributed by atoms with van der Waals surface area (Å²) in [6, 6.07) is 9.19. The van der Waals surface area contributed by atoms with Crippen LogP contribution in [0.1, 0.15) is 6.92 Å². The van der Waals surface area contributed by atoms with Crippen molar-refractivity contribution < 1.29 is 39.0 Å². The van der Waals surface area contributed by atoms with Crippen molar-refractivity contribution in [3.05, 3.63) is 30.3 Å². The standard InChI is InChI=1S/C8H10O2P.Na/c1-2-10-11(9)8-6-4-3-5-7-8;/h3-7H,2H2,1H3;/q-1;+1. The van der Waals surface area contributed by atoms with Crippen molar-refractivity contribution in [1.82, 2.24) is 0 Å².